The Labute approximate surface area is 132 Å². The van der Waals surface area contributed by atoms with Crippen molar-refractivity contribution in [1.82, 2.24) is 9.97 Å². The minimum atomic E-state index is -0.0265. The molecule has 0 unspecified atom stereocenters. The van der Waals surface area contributed by atoms with E-state index in [4.69, 9.17) is 17.3 Å². The van der Waals surface area contributed by atoms with Crippen LogP contribution in [0.2, 0.25) is 5.02 Å². The molecule has 0 fully saturated rings. The molecule has 5 heteroatoms. The van der Waals surface area contributed by atoms with Gasteiger partial charge in [-0.3, -0.25) is 0 Å². The van der Waals surface area contributed by atoms with E-state index >= 15 is 0 Å². The van der Waals surface area contributed by atoms with Gasteiger partial charge < -0.3 is 5.73 Å². The van der Waals surface area contributed by atoms with Gasteiger partial charge in [-0.05, 0) is 30.7 Å². The zero-order chi connectivity index (χ0) is 14.8. The van der Waals surface area contributed by atoms with Gasteiger partial charge in [0.25, 0.3) is 0 Å². The molecule has 0 amide bonds. The molecule has 0 spiro atoms. The van der Waals surface area contributed by atoms with Gasteiger partial charge >= 0.3 is 0 Å². The number of nitrogens with zero attached hydrogens (tertiary/aromatic N) is 2. The van der Waals surface area contributed by atoms with Gasteiger partial charge in [0.2, 0.25) is 0 Å². The summed E-state index contributed by atoms with van der Waals surface area (Å²) < 4.78 is 0. The number of rotatable bonds is 3. The quantitative estimate of drug-likeness (QED) is 0.725. The predicted octanol–water partition coefficient (Wildman–Crippen LogP) is 4.45. The molecular weight excluding hydrogens is 302 g/mol. The molecule has 0 aliphatic rings. The lowest BCUT2D eigenvalue weighted by molar-refractivity contribution is 0.817. The van der Waals surface area contributed by atoms with Gasteiger partial charge in [0, 0.05) is 16.3 Å². The molecule has 106 valence electrons. The molecule has 3 rings (SSSR count). The minimum absolute atomic E-state index is 0.0265. The highest BCUT2D eigenvalue weighted by Gasteiger charge is 2.09. The minimum Gasteiger partial charge on any atom is -0.324 e. The molecule has 2 N–H and O–H groups in total. The van der Waals surface area contributed by atoms with E-state index in [9.17, 15) is 0 Å². The monoisotopic (exact) mass is 315 g/mol. The Hall–Kier alpha value is -1.62. The van der Waals surface area contributed by atoms with Gasteiger partial charge in [-0.25, -0.2) is 9.97 Å². The van der Waals surface area contributed by atoms with Crippen LogP contribution < -0.4 is 5.73 Å². The van der Waals surface area contributed by atoms with Crippen molar-refractivity contribution in [2.75, 3.05) is 0 Å². The maximum Gasteiger partial charge on any atom is 0.117 e. The summed E-state index contributed by atoms with van der Waals surface area (Å²) in [6.45, 7) is 1.94. The van der Waals surface area contributed by atoms with Gasteiger partial charge in [0.05, 0.1) is 10.5 Å². The fraction of sp³-hybridized carbons (Fsp3) is 0.125. The summed E-state index contributed by atoms with van der Waals surface area (Å²) in [5.41, 5.74) is 7.83. The van der Waals surface area contributed by atoms with Crippen LogP contribution in [0.1, 0.15) is 18.5 Å². The van der Waals surface area contributed by atoms with E-state index in [1.807, 2.05) is 49.4 Å². The standard InChI is InChI=1S/C16H14ClN3S/c1-10(18)11-6-7-15(13(17)8-11)21-16-12-4-2-3-5-14(12)19-9-20-16/h2-10H,18H2,1H3/t10-/m1/s1. The van der Waals surface area contributed by atoms with Crippen LogP contribution in [0.3, 0.4) is 0 Å². The van der Waals surface area contributed by atoms with Crippen LogP contribution in [0.25, 0.3) is 10.9 Å². The first-order valence-corrected chi connectivity index (χ1v) is 7.77. The Morgan fingerprint density at radius 1 is 1.14 bits per heavy atom. The Kier molecular flexibility index (Phi) is 4.10. The van der Waals surface area contributed by atoms with Gasteiger partial charge in [-0.15, -0.1) is 0 Å². The van der Waals surface area contributed by atoms with E-state index in [2.05, 4.69) is 9.97 Å². The molecular formula is C16H14ClN3S. The molecule has 3 nitrogen and oxygen atoms in total. The number of fused-ring (bicyclic) bond motifs is 1. The molecule has 1 atom stereocenters. The zero-order valence-corrected chi connectivity index (χ0v) is 13.0. The third kappa shape index (κ3) is 3.02. The molecule has 0 radical (unpaired) electrons. The van der Waals surface area contributed by atoms with Crippen LogP contribution >= 0.6 is 23.4 Å². The van der Waals surface area contributed by atoms with Crippen LogP contribution in [0.4, 0.5) is 0 Å². The highest BCUT2D eigenvalue weighted by Crippen LogP contribution is 2.36. The molecule has 0 aliphatic carbocycles. The van der Waals surface area contributed by atoms with E-state index in [1.54, 1.807) is 18.1 Å². The maximum absolute atomic E-state index is 6.35. The largest absolute Gasteiger partial charge is 0.324 e. The first-order valence-electron chi connectivity index (χ1n) is 6.58. The van der Waals surface area contributed by atoms with Crippen molar-refractivity contribution < 1.29 is 0 Å². The number of para-hydroxylation sites is 1. The summed E-state index contributed by atoms with van der Waals surface area (Å²) in [6.07, 6.45) is 1.58. The molecule has 0 bridgehead atoms. The normalized spacial score (nSPS) is 12.5. The number of nitrogens with two attached hydrogens (primary N) is 1. The zero-order valence-electron chi connectivity index (χ0n) is 11.5. The van der Waals surface area contributed by atoms with Crippen molar-refractivity contribution in [2.24, 2.45) is 5.73 Å². The second-order valence-electron chi connectivity index (χ2n) is 4.78. The molecule has 0 saturated heterocycles. The molecule has 1 heterocycles. The summed E-state index contributed by atoms with van der Waals surface area (Å²) in [5.74, 6) is 0. The Balaban J connectivity index is 1.99. The van der Waals surface area contributed by atoms with E-state index in [0.717, 1.165) is 26.4 Å². The van der Waals surface area contributed by atoms with Crippen LogP contribution in [0.5, 0.6) is 0 Å². The molecule has 2 aromatic carbocycles. The highest BCUT2D eigenvalue weighted by molar-refractivity contribution is 7.99. The summed E-state index contributed by atoms with van der Waals surface area (Å²) in [7, 11) is 0. The van der Waals surface area contributed by atoms with E-state index in [-0.39, 0.29) is 6.04 Å². The average Bonchev–Trinajstić information content (AvgIpc) is 2.49. The summed E-state index contributed by atoms with van der Waals surface area (Å²) >= 11 is 7.90. The number of hydrogen-bond donors (Lipinski definition) is 1. The Morgan fingerprint density at radius 3 is 2.71 bits per heavy atom. The van der Waals surface area contributed by atoms with Crippen LogP contribution in [0, 0.1) is 0 Å². The lowest BCUT2D eigenvalue weighted by atomic mass is 10.1. The summed E-state index contributed by atoms with van der Waals surface area (Å²) in [6, 6.07) is 13.8. The van der Waals surface area contributed by atoms with E-state index in [1.165, 1.54) is 0 Å². The summed E-state index contributed by atoms with van der Waals surface area (Å²) in [5, 5.41) is 2.62. The maximum atomic E-state index is 6.35. The first kappa shape index (κ1) is 14.3. The van der Waals surface area contributed by atoms with Crippen molar-refractivity contribution in [1.29, 1.82) is 0 Å². The lowest BCUT2D eigenvalue weighted by Crippen LogP contribution is -2.04. The average molecular weight is 316 g/mol. The van der Waals surface area contributed by atoms with Crippen molar-refractivity contribution in [3.05, 3.63) is 59.4 Å². The second kappa shape index (κ2) is 6.02. The number of aromatic nitrogens is 2. The van der Waals surface area contributed by atoms with Crippen molar-refractivity contribution in [2.45, 2.75) is 22.9 Å². The Bertz CT molecular complexity index is 784. The van der Waals surface area contributed by atoms with Crippen molar-refractivity contribution in [3.63, 3.8) is 0 Å². The van der Waals surface area contributed by atoms with E-state index < -0.39 is 0 Å². The molecule has 3 aromatic rings. The molecule has 1 aromatic heterocycles. The number of hydrogen-bond acceptors (Lipinski definition) is 4. The fourth-order valence-electron chi connectivity index (χ4n) is 2.05. The van der Waals surface area contributed by atoms with Gasteiger partial charge in [0.1, 0.15) is 11.4 Å². The van der Waals surface area contributed by atoms with Crippen molar-refractivity contribution >= 4 is 34.3 Å². The molecule has 0 aliphatic heterocycles. The van der Waals surface area contributed by atoms with Crippen molar-refractivity contribution in [3.8, 4) is 0 Å². The van der Waals surface area contributed by atoms with Crippen LogP contribution in [0.15, 0.2) is 58.7 Å². The summed E-state index contributed by atoms with van der Waals surface area (Å²) in [4.78, 5) is 9.60. The third-order valence-corrected chi connectivity index (χ3v) is 4.71. The van der Waals surface area contributed by atoms with Gasteiger partial charge in [-0.1, -0.05) is 47.6 Å². The fourth-order valence-corrected chi connectivity index (χ4v) is 3.24. The van der Waals surface area contributed by atoms with E-state index in [0.29, 0.717) is 5.02 Å². The number of benzene rings is 2. The lowest BCUT2D eigenvalue weighted by Gasteiger charge is -2.10. The number of halogens is 1. The SMILES string of the molecule is C[C@@H](N)c1ccc(Sc2ncnc3ccccc23)c(Cl)c1. The predicted molar refractivity (Wildman–Crippen MR) is 87.7 cm³/mol. The second-order valence-corrected chi connectivity index (χ2v) is 6.21. The third-order valence-electron chi connectivity index (χ3n) is 3.19. The first-order chi connectivity index (χ1) is 10.1. The topological polar surface area (TPSA) is 51.8 Å². The smallest absolute Gasteiger partial charge is 0.117 e. The Morgan fingerprint density at radius 2 is 1.95 bits per heavy atom. The molecule has 0 saturated carbocycles. The van der Waals surface area contributed by atoms with Crippen LogP contribution in [-0.2, 0) is 0 Å². The van der Waals surface area contributed by atoms with Gasteiger partial charge in [-0.2, -0.15) is 0 Å². The highest BCUT2D eigenvalue weighted by atomic mass is 35.5. The van der Waals surface area contributed by atoms with Gasteiger partial charge in [0.15, 0.2) is 0 Å². The molecule has 21 heavy (non-hydrogen) atoms. The van der Waals surface area contributed by atoms with Crippen LogP contribution in [-0.4, -0.2) is 9.97 Å².